The summed E-state index contributed by atoms with van der Waals surface area (Å²) in [4.78, 5) is 24.3. The molecule has 1 atom stereocenters. The van der Waals surface area contributed by atoms with Crippen molar-refractivity contribution in [2.45, 2.75) is 148 Å². The molecule has 0 aromatic rings. The van der Waals surface area contributed by atoms with Gasteiger partial charge in [0.15, 0.2) is 0 Å². The second-order valence-electron chi connectivity index (χ2n) is 9.67. The van der Waals surface area contributed by atoms with Crippen LogP contribution in [0.15, 0.2) is 0 Å². The molecular formula is C27H51NO5. The minimum absolute atomic E-state index is 0.0468. The van der Waals surface area contributed by atoms with E-state index in [0.29, 0.717) is 32.2 Å². The Bertz CT molecular complexity index is 483. The van der Waals surface area contributed by atoms with Crippen molar-refractivity contribution in [3.8, 4) is 0 Å². The Morgan fingerprint density at radius 2 is 1.42 bits per heavy atom. The van der Waals surface area contributed by atoms with Crippen molar-refractivity contribution in [2.75, 3.05) is 13.2 Å². The van der Waals surface area contributed by atoms with Crippen LogP contribution in [0.4, 0.5) is 0 Å². The molecule has 1 saturated heterocycles. The lowest BCUT2D eigenvalue weighted by molar-refractivity contribution is -0.167. The first-order valence-electron chi connectivity index (χ1n) is 13.9. The Labute approximate surface area is 202 Å². The highest BCUT2D eigenvalue weighted by Crippen LogP contribution is 2.18. The van der Waals surface area contributed by atoms with Gasteiger partial charge >= 0.3 is 11.9 Å². The van der Waals surface area contributed by atoms with E-state index in [-0.39, 0.29) is 24.6 Å². The summed E-state index contributed by atoms with van der Waals surface area (Å²) in [6.07, 6.45) is 20.1. The van der Waals surface area contributed by atoms with E-state index in [4.69, 9.17) is 9.47 Å². The van der Waals surface area contributed by atoms with Gasteiger partial charge in [0, 0.05) is 13.0 Å². The number of esters is 2. The van der Waals surface area contributed by atoms with Crippen LogP contribution in [0.5, 0.6) is 0 Å². The highest BCUT2D eigenvalue weighted by atomic mass is 16.6. The van der Waals surface area contributed by atoms with Gasteiger partial charge in [0.05, 0.1) is 6.61 Å². The first kappa shape index (κ1) is 29.9. The number of rotatable bonds is 21. The Morgan fingerprint density at radius 3 is 1.97 bits per heavy atom. The molecular weight excluding hydrogens is 418 g/mol. The Kier molecular flexibility index (Phi) is 18.3. The Balaban J connectivity index is 2.21. The fraction of sp³-hybridized carbons (Fsp3) is 0.926. The zero-order chi connectivity index (χ0) is 24.2. The third-order valence-electron chi connectivity index (χ3n) is 6.57. The smallest absolute Gasteiger partial charge is 0.325 e. The molecule has 0 aromatic heterocycles. The molecule has 0 unspecified atom stereocenters. The lowest BCUT2D eigenvalue weighted by Gasteiger charge is -2.18. The van der Waals surface area contributed by atoms with Crippen molar-refractivity contribution in [1.29, 1.82) is 0 Å². The quantitative estimate of drug-likeness (QED) is 0.144. The van der Waals surface area contributed by atoms with Crippen LogP contribution in [0, 0.1) is 0 Å². The second kappa shape index (κ2) is 20.3. The molecule has 0 saturated carbocycles. The zero-order valence-corrected chi connectivity index (χ0v) is 21.5. The van der Waals surface area contributed by atoms with Gasteiger partial charge in [0.25, 0.3) is 0 Å². The third kappa shape index (κ3) is 15.4. The minimum atomic E-state index is -0.528. The maximum atomic E-state index is 12.4. The Hall–Kier alpha value is -1.14. The highest BCUT2D eigenvalue weighted by molar-refractivity contribution is 5.75. The standard InChI is InChI=1S/C27H51NO5/c1-3-5-7-9-11-13-18-24(19-14-12-10-8-6-4-2)33-26(29)21-15-16-23-32-27(30)25-20-17-22-28(25)31/h24-25,31H,3-23H2,1-2H3/t25-/m0/s1. The van der Waals surface area contributed by atoms with Crippen molar-refractivity contribution in [2.24, 2.45) is 0 Å². The van der Waals surface area contributed by atoms with E-state index in [0.717, 1.165) is 37.2 Å². The summed E-state index contributed by atoms with van der Waals surface area (Å²) < 4.78 is 11.1. The second-order valence-corrected chi connectivity index (χ2v) is 9.67. The Morgan fingerprint density at radius 1 is 0.848 bits per heavy atom. The molecule has 0 spiro atoms. The summed E-state index contributed by atoms with van der Waals surface area (Å²) in [6, 6.07) is -0.528. The molecule has 1 N–H and O–H groups in total. The normalized spacial score (nSPS) is 16.4. The molecule has 1 aliphatic heterocycles. The van der Waals surface area contributed by atoms with Crippen LogP contribution in [0.25, 0.3) is 0 Å². The van der Waals surface area contributed by atoms with E-state index in [2.05, 4.69) is 13.8 Å². The lowest BCUT2D eigenvalue weighted by atomic mass is 10.0. The first-order valence-corrected chi connectivity index (χ1v) is 13.9. The summed E-state index contributed by atoms with van der Waals surface area (Å²) in [5, 5.41) is 10.7. The average molecular weight is 470 g/mol. The van der Waals surface area contributed by atoms with Crippen LogP contribution < -0.4 is 0 Å². The maximum absolute atomic E-state index is 12.4. The molecule has 0 aromatic carbocycles. The van der Waals surface area contributed by atoms with Crippen LogP contribution in [-0.4, -0.2) is 47.5 Å². The van der Waals surface area contributed by atoms with Gasteiger partial charge in [-0.15, -0.1) is 0 Å². The number of hydrogen-bond acceptors (Lipinski definition) is 6. The van der Waals surface area contributed by atoms with Gasteiger partial charge < -0.3 is 14.7 Å². The van der Waals surface area contributed by atoms with Crippen LogP contribution in [0.3, 0.4) is 0 Å². The molecule has 1 heterocycles. The van der Waals surface area contributed by atoms with Crippen molar-refractivity contribution in [3.05, 3.63) is 0 Å². The zero-order valence-electron chi connectivity index (χ0n) is 21.5. The number of carbonyl (C=O) groups is 2. The van der Waals surface area contributed by atoms with Crippen molar-refractivity contribution in [3.63, 3.8) is 0 Å². The van der Waals surface area contributed by atoms with E-state index >= 15 is 0 Å². The van der Waals surface area contributed by atoms with Crippen LogP contribution in [0.2, 0.25) is 0 Å². The van der Waals surface area contributed by atoms with Gasteiger partial charge in [-0.3, -0.25) is 9.59 Å². The van der Waals surface area contributed by atoms with Crippen molar-refractivity contribution < 1.29 is 24.3 Å². The van der Waals surface area contributed by atoms with Gasteiger partial charge in [-0.05, 0) is 51.4 Å². The van der Waals surface area contributed by atoms with Crippen LogP contribution >= 0.6 is 0 Å². The SMILES string of the molecule is CCCCCCCCC(CCCCCCCC)OC(=O)CCCCOC(=O)[C@@H]1CCCN1O. The highest BCUT2D eigenvalue weighted by Gasteiger charge is 2.30. The molecule has 1 aliphatic rings. The van der Waals surface area contributed by atoms with Gasteiger partial charge in [0.1, 0.15) is 12.1 Å². The lowest BCUT2D eigenvalue weighted by Crippen LogP contribution is -2.34. The monoisotopic (exact) mass is 469 g/mol. The largest absolute Gasteiger partial charge is 0.464 e. The number of nitrogens with zero attached hydrogens (tertiary/aromatic N) is 1. The molecule has 6 nitrogen and oxygen atoms in total. The molecule has 0 radical (unpaired) electrons. The number of ether oxygens (including phenoxy) is 2. The molecule has 0 aliphatic carbocycles. The van der Waals surface area contributed by atoms with Gasteiger partial charge in [-0.1, -0.05) is 78.1 Å². The first-order chi connectivity index (χ1) is 16.1. The van der Waals surface area contributed by atoms with Crippen molar-refractivity contribution >= 4 is 11.9 Å². The summed E-state index contributed by atoms with van der Waals surface area (Å²) in [5.74, 6) is -0.490. The van der Waals surface area contributed by atoms with Gasteiger partial charge in [-0.2, -0.15) is 5.06 Å². The van der Waals surface area contributed by atoms with Gasteiger partial charge in [0.2, 0.25) is 0 Å². The minimum Gasteiger partial charge on any atom is -0.464 e. The van der Waals surface area contributed by atoms with Crippen LogP contribution in [-0.2, 0) is 19.1 Å². The van der Waals surface area contributed by atoms with Crippen molar-refractivity contribution in [1.82, 2.24) is 5.06 Å². The van der Waals surface area contributed by atoms with E-state index in [1.165, 1.54) is 64.2 Å². The van der Waals surface area contributed by atoms with Gasteiger partial charge in [-0.25, -0.2) is 0 Å². The number of carbonyl (C=O) groups excluding carboxylic acids is 2. The predicted molar refractivity (Wildman–Crippen MR) is 132 cm³/mol. The molecule has 1 rings (SSSR count). The number of unbranched alkanes of at least 4 members (excludes halogenated alkanes) is 11. The predicted octanol–water partition coefficient (Wildman–Crippen LogP) is 6.97. The third-order valence-corrected chi connectivity index (χ3v) is 6.57. The maximum Gasteiger partial charge on any atom is 0.325 e. The summed E-state index contributed by atoms with van der Waals surface area (Å²) in [5.41, 5.74) is 0. The van der Waals surface area contributed by atoms with E-state index in [9.17, 15) is 14.8 Å². The van der Waals surface area contributed by atoms with E-state index in [1.807, 2.05) is 0 Å². The molecule has 33 heavy (non-hydrogen) atoms. The average Bonchev–Trinajstić information content (AvgIpc) is 3.23. The fourth-order valence-electron chi connectivity index (χ4n) is 4.44. The molecule has 194 valence electrons. The molecule has 6 heteroatoms. The molecule has 0 bridgehead atoms. The molecule has 0 amide bonds. The number of hydroxylamine groups is 2. The summed E-state index contributed by atoms with van der Waals surface area (Å²) in [6.45, 7) is 5.27. The van der Waals surface area contributed by atoms with E-state index < -0.39 is 6.04 Å². The summed E-state index contributed by atoms with van der Waals surface area (Å²) in [7, 11) is 0. The fourth-order valence-corrected chi connectivity index (χ4v) is 4.44. The summed E-state index contributed by atoms with van der Waals surface area (Å²) >= 11 is 0. The van der Waals surface area contributed by atoms with Crippen LogP contribution in [0.1, 0.15) is 136 Å². The number of hydrogen-bond donors (Lipinski definition) is 1. The van der Waals surface area contributed by atoms with E-state index in [1.54, 1.807) is 0 Å². The topological polar surface area (TPSA) is 76.1 Å². The molecule has 1 fully saturated rings.